The molecule has 0 bridgehead atoms. The quantitative estimate of drug-likeness (QED) is 0.645. The Morgan fingerprint density at radius 3 is 2.39 bits per heavy atom. The van der Waals surface area contributed by atoms with Crippen LogP contribution in [0.2, 0.25) is 0 Å². The molecule has 0 spiro atoms. The molecule has 2 N–H and O–H groups in total. The Labute approximate surface area is 184 Å². The van der Waals surface area contributed by atoms with Gasteiger partial charge in [0.05, 0.1) is 12.6 Å². The lowest BCUT2D eigenvalue weighted by molar-refractivity contribution is -0.223. The van der Waals surface area contributed by atoms with Crippen molar-refractivity contribution in [1.82, 2.24) is 5.32 Å². The van der Waals surface area contributed by atoms with Crippen LogP contribution < -0.4 is 15.4 Å². The Morgan fingerprint density at radius 1 is 1.06 bits per heavy atom. The molecule has 5 atom stereocenters. The number of ether oxygens (including phenoxy) is 6. The Bertz CT molecular complexity index is 809. The molecule has 3 aliphatic rings. The van der Waals surface area contributed by atoms with Crippen molar-refractivity contribution in [3.05, 3.63) is 24.3 Å². The number of hydrogen-bond donors (Lipinski definition) is 2. The van der Waals surface area contributed by atoms with Gasteiger partial charge < -0.3 is 39.1 Å². The van der Waals surface area contributed by atoms with Crippen molar-refractivity contribution in [2.75, 3.05) is 11.9 Å². The minimum Gasteiger partial charge on any atom is -0.435 e. The molecule has 0 aliphatic carbocycles. The Kier molecular flexibility index (Phi) is 6.10. The topological polar surface area (TPSA) is 79.4 Å². The van der Waals surface area contributed by atoms with Crippen LogP contribution in [0.4, 0.5) is 14.5 Å². The van der Waals surface area contributed by atoms with Crippen LogP contribution in [0.15, 0.2) is 24.3 Å². The zero-order chi connectivity index (χ0) is 22.4. The van der Waals surface area contributed by atoms with Crippen LogP contribution in [0, 0.1) is 0 Å². The van der Waals surface area contributed by atoms with Crippen molar-refractivity contribution in [1.29, 1.82) is 0 Å². The highest BCUT2D eigenvalue weighted by atomic mass is 32.1. The molecule has 3 heterocycles. The van der Waals surface area contributed by atoms with Crippen LogP contribution >= 0.6 is 12.2 Å². The van der Waals surface area contributed by atoms with Crippen molar-refractivity contribution in [2.45, 2.75) is 76.5 Å². The molecule has 31 heavy (non-hydrogen) atoms. The van der Waals surface area contributed by atoms with Gasteiger partial charge in [0.1, 0.15) is 24.1 Å². The maximum absolute atomic E-state index is 12.3. The first-order valence-electron chi connectivity index (χ1n) is 9.97. The maximum Gasteiger partial charge on any atom is 0.387 e. The van der Waals surface area contributed by atoms with Crippen molar-refractivity contribution in [3.63, 3.8) is 0 Å². The number of alkyl halides is 2. The van der Waals surface area contributed by atoms with E-state index in [1.165, 1.54) is 12.1 Å². The fraction of sp³-hybridized carbons (Fsp3) is 0.650. The van der Waals surface area contributed by atoms with Gasteiger partial charge in [-0.15, -0.1) is 0 Å². The summed E-state index contributed by atoms with van der Waals surface area (Å²) in [5.74, 6) is -1.44. The van der Waals surface area contributed by atoms with Gasteiger partial charge in [-0.25, -0.2) is 0 Å². The molecule has 0 amide bonds. The number of hydrogen-bond acceptors (Lipinski definition) is 7. The maximum atomic E-state index is 12.3. The highest BCUT2D eigenvalue weighted by Crippen LogP contribution is 2.40. The van der Waals surface area contributed by atoms with E-state index >= 15 is 0 Å². The van der Waals surface area contributed by atoms with Gasteiger partial charge >= 0.3 is 6.61 Å². The number of halogens is 2. The molecule has 1 aromatic rings. The van der Waals surface area contributed by atoms with Crippen LogP contribution in [0.3, 0.4) is 0 Å². The molecule has 4 rings (SSSR count). The molecule has 8 nitrogen and oxygen atoms in total. The van der Waals surface area contributed by atoms with Crippen molar-refractivity contribution >= 4 is 23.0 Å². The minimum absolute atomic E-state index is 0.0614. The molecule has 1 aromatic carbocycles. The number of thiocarbonyl (C=S) groups is 1. The highest BCUT2D eigenvalue weighted by Gasteiger charge is 2.58. The van der Waals surface area contributed by atoms with Crippen molar-refractivity contribution in [2.24, 2.45) is 0 Å². The van der Waals surface area contributed by atoms with Crippen LogP contribution in [0.5, 0.6) is 5.75 Å². The van der Waals surface area contributed by atoms with E-state index in [1.807, 2.05) is 27.7 Å². The minimum atomic E-state index is -2.88. The average Bonchev–Trinajstić information content (AvgIpc) is 3.26. The van der Waals surface area contributed by atoms with Gasteiger partial charge in [-0.3, -0.25) is 0 Å². The molecule has 3 fully saturated rings. The first-order valence-corrected chi connectivity index (χ1v) is 10.4. The fourth-order valence-electron chi connectivity index (χ4n) is 3.93. The smallest absolute Gasteiger partial charge is 0.387 e. The van der Waals surface area contributed by atoms with E-state index in [9.17, 15) is 8.78 Å². The summed E-state index contributed by atoms with van der Waals surface area (Å²) >= 11 is 5.47. The lowest BCUT2D eigenvalue weighted by Gasteiger charge is -2.30. The Balaban J connectivity index is 1.43. The molecular weight excluding hydrogens is 434 g/mol. The lowest BCUT2D eigenvalue weighted by Crippen LogP contribution is -2.53. The highest BCUT2D eigenvalue weighted by molar-refractivity contribution is 7.80. The van der Waals surface area contributed by atoms with Crippen LogP contribution in [-0.2, 0) is 23.7 Å². The summed E-state index contributed by atoms with van der Waals surface area (Å²) in [6.45, 7) is 4.81. The fourth-order valence-corrected chi connectivity index (χ4v) is 4.18. The van der Waals surface area contributed by atoms with Gasteiger partial charge in [0.15, 0.2) is 23.0 Å². The van der Waals surface area contributed by atoms with E-state index in [1.54, 1.807) is 12.1 Å². The predicted molar refractivity (Wildman–Crippen MR) is 110 cm³/mol. The van der Waals surface area contributed by atoms with Gasteiger partial charge in [-0.2, -0.15) is 8.78 Å². The zero-order valence-electron chi connectivity index (χ0n) is 17.6. The number of benzene rings is 1. The Morgan fingerprint density at radius 2 is 1.77 bits per heavy atom. The van der Waals surface area contributed by atoms with Crippen molar-refractivity contribution < 1.29 is 37.2 Å². The summed E-state index contributed by atoms with van der Waals surface area (Å²) in [6, 6.07) is 5.67. The standard InChI is InChI=1S/C20H26F2N2O6S/c1-19(2)25-9-12(28-19)14-13(15-16(27-14)30-20(3,4)29-15)24-18(31)23-10-5-7-11(8-6-10)26-17(21)22/h5-8,12-17H,9H2,1-4H3,(H2,23,24,31)/t12-,13+,14-,15-,16-/m1/s1. The third kappa shape index (κ3) is 5.24. The summed E-state index contributed by atoms with van der Waals surface area (Å²) < 4.78 is 58.7. The second kappa shape index (κ2) is 8.38. The molecule has 3 aliphatic heterocycles. The lowest BCUT2D eigenvalue weighted by atomic mass is 10.0. The molecule has 0 radical (unpaired) electrons. The molecular formula is C20H26F2N2O6S. The largest absolute Gasteiger partial charge is 0.435 e. The molecule has 0 unspecified atom stereocenters. The molecule has 172 valence electrons. The van der Waals surface area contributed by atoms with E-state index < -0.39 is 36.7 Å². The van der Waals surface area contributed by atoms with Crippen LogP contribution in [0.1, 0.15) is 27.7 Å². The van der Waals surface area contributed by atoms with E-state index in [-0.39, 0.29) is 17.9 Å². The van der Waals surface area contributed by atoms with Gasteiger partial charge in [-0.05, 0) is 64.2 Å². The van der Waals surface area contributed by atoms with Gasteiger partial charge in [0.25, 0.3) is 0 Å². The van der Waals surface area contributed by atoms with E-state index in [0.717, 1.165) is 0 Å². The van der Waals surface area contributed by atoms with E-state index in [0.29, 0.717) is 17.4 Å². The van der Waals surface area contributed by atoms with E-state index in [4.69, 9.17) is 35.9 Å². The first-order chi connectivity index (χ1) is 14.5. The monoisotopic (exact) mass is 460 g/mol. The van der Waals surface area contributed by atoms with E-state index in [2.05, 4.69) is 15.4 Å². The van der Waals surface area contributed by atoms with Gasteiger partial charge in [0, 0.05) is 5.69 Å². The molecule has 3 saturated heterocycles. The normalized spacial score (nSPS) is 33.3. The summed E-state index contributed by atoms with van der Waals surface area (Å²) in [7, 11) is 0. The van der Waals surface area contributed by atoms with Gasteiger partial charge in [-0.1, -0.05) is 0 Å². The predicted octanol–water partition coefficient (Wildman–Crippen LogP) is 2.97. The second-order valence-electron chi connectivity index (χ2n) is 8.46. The number of fused-ring (bicyclic) bond motifs is 1. The summed E-state index contributed by atoms with van der Waals surface area (Å²) in [5, 5.41) is 6.59. The third-order valence-electron chi connectivity index (χ3n) is 5.12. The zero-order valence-corrected chi connectivity index (χ0v) is 18.4. The van der Waals surface area contributed by atoms with Crippen molar-refractivity contribution in [3.8, 4) is 5.75 Å². The summed E-state index contributed by atoms with van der Waals surface area (Å²) in [6.07, 6.45) is -1.73. The average molecular weight is 460 g/mol. The second-order valence-corrected chi connectivity index (χ2v) is 8.87. The summed E-state index contributed by atoms with van der Waals surface area (Å²) in [4.78, 5) is 0. The number of rotatable bonds is 5. The van der Waals surface area contributed by atoms with Crippen LogP contribution in [0.25, 0.3) is 0 Å². The molecule has 0 aromatic heterocycles. The first kappa shape index (κ1) is 22.6. The third-order valence-corrected chi connectivity index (χ3v) is 5.34. The SMILES string of the molecule is CC1(C)O[C@H]2O[C@H]([C@H]3COC(C)(C)O3)[C@H](NC(=S)Nc3ccc(OC(F)F)cc3)[C@H]2O1. The summed E-state index contributed by atoms with van der Waals surface area (Å²) in [5.41, 5.74) is 0.608. The number of nitrogens with one attached hydrogen (secondary N) is 2. The Hall–Kier alpha value is -1.63. The molecule has 11 heteroatoms. The number of anilines is 1. The van der Waals surface area contributed by atoms with Crippen LogP contribution in [-0.4, -0.2) is 60.5 Å². The molecule has 0 saturated carbocycles. The van der Waals surface area contributed by atoms with Gasteiger partial charge in [0.2, 0.25) is 0 Å².